The Labute approximate surface area is 131 Å². The molecule has 0 aliphatic carbocycles. The van der Waals surface area contributed by atoms with Gasteiger partial charge in [-0.15, -0.1) is 0 Å². The van der Waals surface area contributed by atoms with Gasteiger partial charge in [0.05, 0.1) is 0 Å². The van der Waals surface area contributed by atoms with Crippen molar-refractivity contribution in [3.63, 3.8) is 0 Å². The molecule has 0 bridgehead atoms. The van der Waals surface area contributed by atoms with Crippen molar-refractivity contribution >= 4 is 5.91 Å². The number of rotatable bonds is 15. The van der Waals surface area contributed by atoms with Crippen molar-refractivity contribution < 1.29 is 9.90 Å². The van der Waals surface area contributed by atoms with E-state index in [0.29, 0.717) is 13.0 Å². The second-order valence-electron chi connectivity index (χ2n) is 5.96. The zero-order chi connectivity index (χ0) is 15.8. The van der Waals surface area contributed by atoms with E-state index >= 15 is 0 Å². The van der Waals surface area contributed by atoms with Gasteiger partial charge < -0.3 is 15.3 Å². The highest BCUT2D eigenvalue weighted by Gasteiger charge is 2.02. The fourth-order valence-electron chi connectivity index (χ4n) is 2.32. The first-order chi connectivity index (χ1) is 10.2. The average molecular weight is 300 g/mol. The smallest absolute Gasteiger partial charge is 0.220 e. The number of amides is 1. The number of nitrogens with zero attached hydrogens (tertiary/aromatic N) is 1. The summed E-state index contributed by atoms with van der Waals surface area (Å²) in [5.41, 5.74) is 0. The predicted molar refractivity (Wildman–Crippen MR) is 89.4 cm³/mol. The maximum atomic E-state index is 11.5. The highest BCUT2D eigenvalue weighted by atomic mass is 16.2. The lowest BCUT2D eigenvalue weighted by Gasteiger charge is -2.16. The molecule has 4 heteroatoms. The standard InChI is InChI=1S/C17H36N2O2/c1-3-4-9-12-17(21)18-13-15-19(2)14-10-7-5-6-8-11-16-20/h20H,3-16H2,1-2H3,(H,18,21). The van der Waals surface area contributed by atoms with Crippen molar-refractivity contribution in [2.24, 2.45) is 0 Å². The monoisotopic (exact) mass is 300 g/mol. The van der Waals surface area contributed by atoms with Crippen LogP contribution in [0, 0.1) is 0 Å². The molecule has 0 aliphatic rings. The quantitative estimate of drug-likeness (QED) is 0.457. The summed E-state index contributed by atoms with van der Waals surface area (Å²) in [7, 11) is 2.12. The summed E-state index contributed by atoms with van der Waals surface area (Å²) in [4.78, 5) is 13.8. The molecule has 0 aromatic heterocycles. The summed E-state index contributed by atoms with van der Waals surface area (Å²) in [5, 5.41) is 11.7. The number of carbonyl (C=O) groups excluding carboxylic acids is 1. The molecule has 21 heavy (non-hydrogen) atoms. The van der Waals surface area contributed by atoms with Gasteiger partial charge in [0.2, 0.25) is 5.91 Å². The second-order valence-corrected chi connectivity index (χ2v) is 5.96. The van der Waals surface area contributed by atoms with E-state index in [1.54, 1.807) is 0 Å². The molecule has 0 unspecified atom stereocenters. The highest BCUT2D eigenvalue weighted by molar-refractivity contribution is 5.75. The van der Waals surface area contributed by atoms with Crippen LogP contribution in [0.1, 0.15) is 71.1 Å². The van der Waals surface area contributed by atoms with Gasteiger partial charge in [0.15, 0.2) is 0 Å². The number of aliphatic hydroxyl groups is 1. The van der Waals surface area contributed by atoms with Gasteiger partial charge in [-0.05, 0) is 32.9 Å². The van der Waals surface area contributed by atoms with Crippen molar-refractivity contribution in [1.82, 2.24) is 10.2 Å². The van der Waals surface area contributed by atoms with Gasteiger partial charge in [-0.1, -0.05) is 45.4 Å². The Morgan fingerprint density at radius 2 is 1.62 bits per heavy atom. The van der Waals surface area contributed by atoms with Crippen LogP contribution in [0.15, 0.2) is 0 Å². The molecule has 0 fully saturated rings. The van der Waals surface area contributed by atoms with E-state index in [1.165, 1.54) is 25.7 Å². The zero-order valence-electron chi connectivity index (χ0n) is 14.2. The van der Waals surface area contributed by atoms with Crippen molar-refractivity contribution in [2.45, 2.75) is 71.1 Å². The van der Waals surface area contributed by atoms with E-state index in [2.05, 4.69) is 24.2 Å². The number of likely N-dealkylation sites (N-methyl/N-ethyl adjacent to an activating group) is 1. The third-order valence-electron chi connectivity index (χ3n) is 3.77. The number of aliphatic hydroxyl groups excluding tert-OH is 1. The molecule has 1 amide bonds. The Morgan fingerprint density at radius 1 is 0.952 bits per heavy atom. The summed E-state index contributed by atoms with van der Waals surface area (Å²) in [6.07, 6.45) is 11.1. The largest absolute Gasteiger partial charge is 0.396 e. The maximum Gasteiger partial charge on any atom is 0.220 e. The van der Waals surface area contributed by atoms with Crippen molar-refractivity contribution in [3.05, 3.63) is 0 Å². The van der Waals surface area contributed by atoms with Gasteiger partial charge in [0, 0.05) is 26.1 Å². The molecule has 0 saturated heterocycles. The maximum absolute atomic E-state index is 11.5. The lowest BCUT2D eigenvalue weighted by Crippen LogP contribution is -2.33. The topological polar surface area (TPSA) is 52.6 Å². The van der Waals surface area contributed by atoms with Gasteiger partial charge in [0.25, 0.3) is 0 Å². The van der Waals surface area contributed by atoms with Crippen molar-refractivity contribution in [3.8, 4) is 0 Å². The molecule has 2 N–H and O–H groups in total. The van der Waals surface area contributed by atoms with Gasteiger partial charge in [-0.2, -0.15) is 0 Å². The summed E-state index contributed by atoms with van der Waals surface area (Å²) < 4.78 is 0. The number of hydrogen-bond acceptors (Lipinski definition) is 3. The van der Waals surface area contributed by atoms with Crippen LogP contribution >= 0.6 is 0 Å². The van der Waals surface area contributed by atoms with E-state index in [1.807, 2.05) is 0 Å². The molecule has 0 atom stereocenters. The number of carbonyl (C=O) groups is 1. The highest BCUT2D eigenvalue weighted by Crippen LogP contribution is 2.05. The SMILES string of the molecule is CCCCCC(=O)NCCN(C)CCCCCCCCO. The molecule has 4 nitrogen and oxygen atoms in total. The minimum absolute atomic E-state index is 0.195. The van der Waals surface area contributed by atoms with Crippen molar-refractivity contribution in [2.75, 3.05) is 33.3 Å². The molecule has 126 valence electrons. The first-order valence-electron chi connectivity index (χ1n) is 8.76. The number of unbranched alkanes of at least 4 members (excludes halogenated alkanes) is 7. The summed E-state index contributed by atoms with van der Waals surface area (Å²) >= 11 is 0. The summed E-state index contributed by atoms with van der Waals surface area (Å²) in [6.45, 7) is 5.28. The van der Waals surface area contributed by atoms with Crippen LogP contribution < -0.4 is 5.32 Å². The van der Waals surface area contributed by atoms with E-state index < -0.39 is 0 Å². The predicted octanol–water partition coefficient (Wildman–Crippen LogP) is 2.95. The third-order valence-corrected chi connectivity index (χ3v) is 3.77. The van der Waals surface area contributed by atoms with Gasteiger partial charge >= 0.3 is 0 Å². The van der Waals surface area contributed by atoms with Crippen LogP contribution in [0.5, 0.6) is 0 Å². The first-order valence-corrected chi connectivity index (χ1v) is 8.76. The van der Waals surface area contributed by atoms with Crippen LogP contribution in [-0.4, -0.2) is 49.2 Å². The minimum atomic E-state index is 0.195. The van der Waals surface area contributed by atoms with E-state index in [0.717, 1.165) is 51.7 Å². The number of hydrogen-bond donors (Lipinski definition) is 2. The second kappa shape index (κ2) is 15.8. The Bertz CT molecular complexity index is 235. The van der Waals surface area contributed by atoms with Crippen LogP contribution in [0.25, 0.3) is 0 Å². The summed E-state index contributed by atoms with van der Waals surface area (Å²) in [6, 6.07) is 0. The van der Waals surface area contributed by atoms with Crippen LogP contribution in [0.2, 0.25) is 0 Å². The van der Waals surface area contributed by atoms with Crippen LogP contribution in [0.3, 0.4) is 0 Å². The molecule has 0 rings (SSSR count). The third kappa shape index (κ3) is 15.6. The molecule has 0 saturated carbocycles. The Kier molecular flexibility index (Phi) is 15.3. The van der Waals surface area contributed by atoms with Gasteiger partial charge in [0.1, 0.15) is 0 Å². The Morgan fingerprint density at radius 3 is 2.29 bits per heavy atom. The fraction of sp³-hybridized carbons (Fsp3) is 0.941. The van der Waals surface area contributed by atoms with Gasteiger partial charge in [-0.3, -0.25) is 4.79 Å². The average Bonchev–Trinajstić information content (AvgIpc) is 2.46. The molecule has 0 heterocycles. The van der Waals surface area contributed by atoms with E-state index in [9.17, 15) is 4.79 Å². The van der Waals surface area contributed by atoms with Crippen LogP contribution in [-0.2, 0) is 4.79 Å². The lowest BCUT2D eigenvalue weighted by atomic mass is 10.1. The first kappa shape index (κ1) is 20.4. The number of nitrogens with one attached hydrogen (secondary N) is 1. The molecule has 0 aromatic rings. The summed E-state index contributed by atoms with van der Waals surface area (Å²) in [5.74, 6) is 0.195. The molecule has 0 radical (unpaired) electrons. The minimum Gasteiger partial charge on any atom is -0.396 e. The van der Waals surface area contributed by atoms with E-state index in [-0.39, 0.29) is 5.91 Å². The normalized spacial score (nSPS) is 11.0. The molecule has 0 aliphatic heterocycles. The molecular formula is C17H36N2O2. The molecular weight excluding hydrogens is 264 g/mol. The Hall–Kier alpha value is -0.610. The fourth-order valence-corrected chi connectivity index (χ4v) is 2.32. The van der Waals surface area contributed by atoms with Crippen LogP contribution in [0.4, 0.5) is 0 Å². The lowest BCUT2D eigenvalue weighted by molar-refractivity contribution is -0.121. The molecule has 0 aromatic carbocycles. The van der Waals surface area contributed by atoms with Gasteiger partial charge in [-0.25, -0.2) is 0 Å². The molecule has 0 spiro atoms. The van der Waals surface area contributed by atoms with Crippen molar-refractivity contribution in [1.29, 1.82) is 0 Å². The Balaban J connectivity index is 3.30. The van der Waals surface area contributed by atoms with E-state index in [4.69, 9.17) is 5.11 Å². The zero-order valence-corrected chi connectivity index (χ0v) is 14.2.